The van der Waals surface area contributed by atoms with Gasteiger partial charge in [-0.25, -0.2) is 0 Å². The minimum atomic E-state index is -0.280. The van der Waals surface area contributed by atoms with Crippen molar-refractivity contribution in [3.8, 4) is 5.75 Å². The predicted octanol–water partition coefficient (Wildman–Crippen LogP) is 4.90. The normalized spacial score (nSPS) is 11.7. The lowest BCUT2D eigenvalue weighted by molar-refractivity contribution is -0.120. The zero-order valence-corrected chi connectivity index (χ0v) is 19.6. The summed E-state index contributed by atoms with van der Waals surface area (Å²) in [5, 5.41) is 7.53. The zero-order chi connectivity index (χ0) is 23.9. The van der Waals surface area contributed by atoms with Crippen LogP contribution < -0.4 is 15.4 Å². The predicted molar refractivity (Wildman–Crippen MR) is 135 cm³/mol. The highest BCUT2D eigenvalue weighted by atomic mass is 35.5. The van der Waals surface area contributed by atoms with Gasteiger partial charge in [0, 0.05) is 47.6 Å². The van der Waals surface area contributed by atoms with Gasteiger partial charge in [0.2, 0.25) is 5.91 Å². The fourth-order valence-corrected chi connectivity index (χ4v) is 4.32. The van der Waals surface area contributed by atoms with E-state index in [1.807, 2.05) is 48.7 Å². The molecule has 6 nitrogen and oxygen atoms in total. The van der Waals surface area contributed by atoms with E-state index >= 15 is 0 Å². The number of aromatic amines is 1. The number of H-pyrrole nitrogens is 1. The smallest absolute Gasteiger partial charge is 0.255 e. The van der Waals surface area contributed by atoms with Crippen molar-refractivity contribution in [3.05, 3.63) is 101 Å². The van der Waals surface area contributed by atoms with E-state index in [1.54, 1.807) is 24.3 Å². The molecule has 0 saturated carbocycles. The molecule has 0 fully saturated rings. The van der Waals surface area contributed by atoms with Crippen LogP contribution in [-0.2, 0) is 4.79 Å². The number of para-hydroxylation sites is 2. The third-order valence-corrected chi connectivity index (χ3v) is 6.11. The highest BCUT2D eigenvalue weighted by molar-refractivity contribution is 6.31. The minimum Gasteiger partial charge on any atom is -0.496 e. The summed E-state index contributed by atoms with van der Waals surface area (Å²) in [5.41, 5.74) is 3.47. The maximum absolute atomic E-state index is 12.6. The molecule has 1 aromatic heterocycles. The van der Waals surface area contributed by atoms with Crippen molar-refractivity contribution < 1.29 is 14.3 Å². The molecule has 0 radical (unpaired) electrons. The molecule has 0 bridgehead atoms. The van der Waals surface area contributed by atoms with Crippen molar-refractivity contribution in [3.63, 3.8) is 0 Å². The Morgan fingerprint density at radius 1 is 0.941 bits per heavy atom. The maximum atomic E-state index is 12.6. The molecule has 2 amide bonds. The molecule has 34 heavy (non-hydrogen) atoms. The molecule has 0 aliphatic carbocycles. The van der Waals surface area contributed by atoms with E-state index in [0.717, 1.165) is 22.0 Å². The summed E-state index contributed by atoms with van der Waals surface area (Å²) in [6, 6.07) is 22.7. The number of methoxy groups -OCH3 is 1. The quantitative estimate of drug-likeness (QED) is 0.322. The number of hydrogen-bond donors (Lipinski definition) is 3. The Labute approximate surface area is 203 Å². The van der Waals surface area contributed by atoms with Crippen molar-refractivity contribution in [1.82, 2.24) is 15.6 Å². The lowest BCUT2D eigenvalue weighted by atomic mass is 9.90. The molecule has 1 atom stereocenters. The van der Waals surface area contributed by atoms with E-state index in [0.29, 0.717) is 22.9 Å². The van der Waals surface area contributed by atoms with Gasteiger partial charge in [0.05, 0.1) is 12.7 Å². The van der Waals surface area contributed by atoms with Crippen LogP contribution in [0.1, 0.15) is 33.8 Å². The maximum Gasteiger partial charge on any atom is 0.255 e. The van der Waals surface area contributed by atoms with Gasteiger partial charge in [-0.2, -0.15) is 0 Å². The van der Waals surface area contributed by atoms with Crippen LogP contribution in [0.15, 0.2) is 79.0 Å². The van der Waals surface area contributed by atoms with Gasteiger partial charge in [-0.15, -0.1) is 0 Å². The second-order valence-corrected chi connectivity index (χ2v) is 8.28. The van der Waals surface area contributed by atoms with Crippen molar-refractivity contribution in [2.75, 3.05) is 20.2 Å². The number of carbonyl (C=O) groups is 2. The lowest BCUT2D eigenvalue weighted by Gasteiger charge is -2.19. The van der Waals surface area contributed by atoms with Crippen molar-refractivity contribution >= 4 is 34.3 Å². The molecule has 3 N–H and O–H groups in total. The van der Waals surface area contributed by atoms with Gasteiger partial charge >= 0.3 is 0 Å². The van der Waals surface area contributed by atoms with E-state index in [2.05, 4.69) is 21.7 Å². The van der Waals surface area contributed by atoms with Crippen molar-refractivity contribution in [1.29, 1.82) is 0 Å². The largest absolute Gasteiger partial charge is 0.496 e. The highest BCUT2D eigenvalue weighted by Gasteiger charge is 2.21. The first-order valence-electron chi connectivity index (χ1n) is 11.1. The summed E-state index contributed by atoms with van der Waals surface area (Å²) in [4.78, 5) is 28.3. The van der Waals surface area contributed by atoms with Crippen LogP contribution in [0.25, 0.3) is 10.9 Å². The van der Waals surface area contributed by atoms with Gasteiger partial charge in [-0.3, -0.25) is 9.59 Å². The molecule has 0 saturated heterocycles. The number of amides is 2. The zero-order valence-electron chi connectivity index (χ0n) is 18.8. The first-order valence-corrected chi connectivity index (χ1v) is 11.4. The van der Waals surface area contributed by atoms with Gasteiger partial charge in [0.1, 0.15) is 5.75 Å². The van der Waals surface area contributed by atoms with E-state index in [1.165, 1.54) is 7.11 Å². The molecular formula is C27H26ClN3O3. The number of rotatable bonds is 9. The van der Waals surface area contributed by atoms with E-state index in [9.17, 15) is 9.59 Å². The molecule has 1 unspecified atom stereocenters. The van der Waals surface area contributed by atoms with Crippen LogP contribution in [-0.4, -0.2) is 37.0 Å². The number of ether oxygens (including phenoxy) is 1. The van der Waals surface area contributed by atoms with Gasteiger partial charge in [0.15, 0.2) is 0 Å². The average molecular weight is 476 g/mol. The monoisotopic (exact) mass is 475 g/mol. The number of halogens is 1. The summed E-state index contributed by atoms with van der Waals surface area (Å²) in [6.07, 6.45) is 2.13. The van der Waals surface area contributed by atoms with Crippen LogP contribution in [0, 0.1) is 0 Å². The Balaban J connectivity index is 1.41. The van der Waals surface area contributed by atoms with E-state index < -0.39 is 0 Å². The molecule has 4 aromatic rings. The first kappa shape index (κ1) is 23.4. The van der Waals surface area contributed by atoms with Crippen LogP contribution >= 0.6 is 11.6 Å². The van der Waals surface area contributed by atoms with Crippen LogP contribution in [0.4, 0.5) is 0 Å². The molecule has 0 spiro atoms. The number of carbonyl (C=O) groups excluding carboxylic acids is 2. The summed E-state index contributed by atoms with van der Waals surface area (Å²) >= 11 is 6.52. The van der Waals surface area contributed by atoms with Crippen LogP contribution in [0.5, 0.6) is 5.75 Å². The fraction of sp³-hybridized carbons (Fsp3) is 0.185. The lowest BCUT2D eigenvalue weighted by Crippen LogP contribution is -2.33. The minimum absolute atomic E-state index is 0.128. The molecule has 3 aromatic carbocycles. The number of hydrogen-bond acceptors (Lipinski definition) is 3. The summed E-state index contributed by atoms with van der Waals surface area (Å²) < 4.78 is 5.22. The molecule has 0 aliphatic heterocycles. The third-order valence-electron chi connectivity index (χ3n) is 5.77. The third kappa shape index (κ3) is 5.24. The molecule has 1 heterocycles. The Morgan fingerprint density at radius 2 is 1.68 bits per heavy atom. The van der Waals surface area contributed by atoms with Crippen molar-refractivity contribution in [2.45, 2.75) is 12.3 Å². The summed E-state index contributed by atoms with van der Waals surface area (Å²) in [7, 11) is 1.52. The number of nitrogens with one attached hydrogen (secondary N) is 3. The van der Waals surface area contributed by atoms with Crippen LogP contribution in [0.2, 0.25) is 5.02 Å². The van der Waals surface area contributed by atoms with Gasteiger partial charge in [-0.05, 0) is 35.4 Å². The molecule has 174 valence electrons. The van der Waals surface area contributed by atoms with Crippen molar-refractivity contribution in [2.24, 2.45) is 0 Å². The van der Waals surface area contributed by atoms with Crippen LogP contribution in [0.3, 0.4) is 0 Å². The van der Waals surface area contributed by atoms with Gasteiger partial charge < -0.3 is 20.4 Å². The number of fused-ring (bicyclic) bond motifs is 1. The molecule has 0 aliphatic rings. The molecule has 4 rings (SSSR count). The fourth-order valence-electron chi connectivity index (χ4n) is 4.05. The Kier molecular flexibility index (Phi) is 7.50. The number of aromatic nitrogens is 1. The standard InChI is InChI=1S/C27H26ClN3O3/c1-34-25-13-7-4-10-20(25)27(33)29-15-14-26(32)31-17-21(18-8-2-5-11-23(18)28)22-16-30-24-12-6-3-9-19(22)24/h2-13,16,21,30H,14-15,17H2,1H3,(H,29,33)(H,31,32). The van der Waals surface area contributed by atoms with E-state index in [-0.39, 0.29) is 30.7 Å². The SMILES string of the molecule is COc1ccccc1C(=O)NCCC(=O)NCC(c1ccccc1Cl)c1c[nH]c2ccccc12. The molecule has 7 heteroatoms. The Bertz CT molecular complexity index is 1300. The highest BCUT2D eigenvalue weighted by Crippen LogP contribution is 2.34. The van der Waals surface area contributed by atoms with E-state index in [4.69, 9.17) is 16.3 Å². The summed E-state index contributed by atoms with van der Waals surface area (Å²) in [5.74, 6) is -0.0714. The first-order chi connectivity index (χ1) is 16.6. The van der Waals surface area contributed by atoms with Gasteiger partial charge in [-0.1, -0.05) is 60.1 Å². The topological polar surface area (TPSA) is 83.2 Å². The number of benzene rings is 3. The summed E-state index contributed by atoms with van der Waals surface area (Å²) in [6.45, 7) is 0.595. The second-order valence-electron chi connectivity index (χ2n) is 7.87. The Hall–Kier alpha value is -3.77. The molecular weight excluding hydrogens is 450 g/mol. The second kappa shape index (κ2) is 10.9. The Morgan fingerprint density at radius 3 is 2.50 bits per heavy atom. The van der Waals surface area contributed by atoms with Gasteiger partial charge in [0.25, 0.3) is 5.91 Å². The average Bonchev–Trinajstić information content (AvgIpc) is 3.29.